The molecule has 0 saturated carbocycles. The van der Waals surface area contributed by atoms with Crippen molar-refractivity contribution < 1.29 is 4.39 Å². The Morgan fingerprint density at radius 1 is 1.33 bits per heavy atom. The Bertz CT molecular complexity index is 334. The summed E-state index contributed by atoms with van der Waals surface area (Å²) in [5.74, 6) is 0.371. The van der Waals surface area contributed by atoms with Gasteiger partial charge in [-0.2, -0.15) is 0 Å². The summed E-state index contributed by atoms with van der Waals surface area (Å²) in [7, 11) is 0. The minimum absolute atomic E-state index is 0.0336. The van der Waals surface area contributed by atoms with Crippen LogP contribution < -0.4 is 5.32 Å². The molecule has 1 aliphatic heterocycles. The predicted octanol–water partition coefficient (Wildman–Crippen LogP) is 3.01. The van der Waals surface area contributed by atoms with Gasteiger partial charge in [0.2, 0.25) is 0 Å². The van der Waals surface area contributed by atoms with Gasteiger partial charge in [-0.3, -0.25) is 0 Å². The standard InChI is InChI=1S/C12H16FNS/c1-15-10-2-3-11(12(13)8-10)9-4-6-14-7-5-9/h2-3,8-9,14H,4-7H2,1H3. The molecule has 0 bridgehead atoms. The number of rotatable bonds is 2. The van der Waals surface area contributed by atoms with Crippen LogP contribution in [0.4, 0.5) is 4.39 Å². The van der Waals surface area contributed by atoms with Crippen LogP contribution in [0, 0.1) is 5.82 Å². The SMILES string of the molecule is CSc1ccc(C2CCNCC2)c(F)c1. The molecule has 1 aromatic rings. The molecule has 82 valence electrons. The van der Waals surface area contributed by atoms with E-state index in [1.54, 1.807) is 17.8 Å². The maximum Gasteiger partial charge on any atom is 0.127 e. The second-order valence-corrected chi connectivity index (χ2v) is 4.79. The third kappa shape index (κ3) is 2.52. The molecule has 0 radical (unpaired) electrons. The lowest BCUT2D eigenvalue weighted by atomic mass is 9.90. The Morgan fingerprint density at radius 2 is 2.07 bits per heavy atom. The van der Waals surface area contributed by atoms with Gasteiger partial charge >= 0.3 is 0 Å². The van der Waals surface area contributed by atoms with E-state index < -0.39 is 0 Å². The van der Waals surface area contributed by atoms with Crippen molar-refractivity contribution in [2.45, 2.75) is 23.7 Å². The summed E-state index contributed by atoms with van der Waals surface area (Å²) in [6.45, 7) is 2.02. The molecule has 1 heterocycles. The Morgan fingerprint density at radius 3 is 2.67 bits per heavy atom. The van der Waals surface area contributed by atoms with Crippen molar-refractivity contribution >= 4 is 11.8 Å². The maximum absolute atomic E-state index is 13.8. The normalized spacial score (nSPS) is 18.0. The molecule has 0 unspecified atom stereocenters. The smallest absolute Gasteiger partial charge is 0.127 e. The minimum Gasteiger partial charge on any atom is -0.317 e. The quantitative estimate of drug-likeness (QED) is 0.776. The first kappa shape index (κ1) is 11.0. The molecule has 1 nitrogen and oxygen atoms in total. The molecular weight excluding hydrogens is 209 g/mol. The van der Waals surface area contributed by atoms with Crippen LogP contribution in [-0.4, -0.2) is 19.3 Å². The molecule has 0 spiro atoms. The highest BCUT2D eigenvalue weighted by Gasteiger charge is 2.18. The summed E-state index contributed by atoms with van der Waals surface area (Å²) in [5.41, 5.74) is 0.898. The lowest BCUT2D eigenvalue weighted by Crippen LogP contribution is -2.27. The zero-order valence-electron chi connectivity index (χ0n) is 8.92. The third-order valence-corrected chi connectivity index (χ3v) is 3.71. The molecule has 2 rings (SSSR count). The number of halogens is 1. The first-order valence-electron chi connectivity index (χ1n) is 5.35. The molecule has 0 amide bonds. The third-order valence-electron chi connectivity index (χ3n) is 2.99. The van der Waals surface area contributed by atoms with Crippen LogP contribution in [0.5, 0.6) is 0 Å². The highest BCUT2D eigenvalue weighted by atomic mass is 32.2. The predicted molar refractivity (Wildman–Crippen MR) is 63.0 cm³/mol. The van der Waals surface area contributed by atoms with E-state index >= 15 is 0 Å². The van der Waals surface area contributed by atoms with Crippen molar-refractivity contribution in [3.05, 3.63) is 29.6 Å². The van der Waals surface area contributed by atoms with Gasteiger partial charge in [-0.15, -0.1) is 11.8 Å². The van der Waals surface area contributed by atoms with Crippen LogP contribution in [-0.2, 0) is 0 Å². The van der Waals surface area contributed by atoms with Crippen molar-refractivity contribution in [3.63, 3.8) is 0 Å². The van der Waals surface area contributed by atoms with E-state index in [2.05, 4.69) is 5.32 Å². The lowest BCUT2D eigenvalue weighted by molar-refractivity contribution is 0.444. The van der Waals surface area contributed by atoms with Gasteiger partial charge in [0, 0.05) is 4.90 Å². The molecule has 1 aromatic carbocycles. The Labute approximate surface area is 94.5 Å². The van der Waals surface area contributed by atoms with E-state index in [1.165, 1.54) is 0 Å². The van der Waals surface area contributed by atoms with E-state index in [0.717, 1.165) is 36.4 Å². The highest BCUT2D eigenvalue weighted by Crippen LogP contribution is 2.29. The van der Waals surface area contributed by atoms with Crippen LogP contribution in [0.15, 0.2) is 23.1 Å². The largest absolute Gasteiger partial charge is 0.317 e. The van der Waals surface area contributed by atoms with Gasteiger partial charge in [0.1, 0.15) is 5.82 Å². The van der Waals surface area contributed by atoms with E-state index in [0.29, 0.717) is 5.92 Å². The molecule has 0 aromatic heterocycles. The van der Waals surface area contributed by atoms with Crippen molar-refractivity contribution in [2.75, 3.05) is 19.3 Å². The molecular formula is C12H16FNS. The topological polar surface area (TPSA) is 12.0 Å². The van der Waals surface area contributed by atoms with Crippen LogP contribution in [0.25, 0.3) is 0 Å². The molecule has 0 aliphatic carbocycles. The Hall–Kier alpha value is -0.540. The number of thioether (sulfide) groups is 1. The highest BCUT2D eigenvalue weighted by molar-refractivity contribution is 7.98. The van der Waals surface area contributed by atoms with Gasteiger partial charge in [-0.25, -0.2) is 4.39 Å². The van der Waals surface area contributed by atoms with E-state index in [4.69, 9.17) is 0 Å². The van der Waals surface area contributed by atoms with Gasteiger partial charge in [-0.1, -0.05) is 6.07 Å². The Kier molecular flexibility index (Phi) is 3.65. The molecule has 0 atom stereocenters. The minimum atomic E-state index is -0.0336. The van der Waals surface area contributed by atoms with Crippen LogP contribution in [0.1, 0.15) is 24.3 Å². The number of benzene rings is 1. The first-order chi connectivity index (χ1) is 7.31. The van der Waals surface area contributed by atoms with Crippen molar-refractivity contribution in [1.29, 1.82) is 0 Å². The second kappa shape index (κ2) is 4.99. The fraction of sp³-hybridized carbons (Fsp3) is 0.500. The first-order valence-corrected chi connectivity index (χ1v) is 6.58. The monoisotopic (exact) mass is 225 g/mol. The van der Waals surface area contributed by atoms with E-state index in [-0.39, 0.29) is 5.82 Å². The fourth-order valence-electron chi connectivity index (χ4n) is 2.10. The molecule has 1 fully saturated rings. The van der Waals surface area contributed by atoms with Crippen molar-refractivity contribution in [2.24, 2.45) is 0 Å². The van der Waals surface area contributed by atoms with Crippen LogP contribution in [0.3, 0.4) is 0 Å². The number of hydrogen-bond acceptors (Lipinski definition) is 2. The average molecular weight is 225 g/mol. The average Bonchev–Trinajstić information content (AvgIpc) is 2.30. The summed E-state index contributed by atoms with van der Waals surface area (Å²) in [5, 5.41) is 3.30. The van der Waals surface area contributed by atoms with E-state index in [9.17, 15) is 4.39 Å². The van der Waals surface area contributed by atoms with Crippen LogP contribution in [0.2, 0.25) is 0 Å². The molecule has 3 heteroatoms. The van der Waals surface area contributed by atoms with Gasteiger partial charge in [0.25, 0.3) is 0 Å². The maximum atomic E-state index is 13.8. The summed E-state index contributed by atoms with van der Waals surface area (Å²) < 4.78 is 13.8. The van der Waals surface area contributed by atoms with Crippen LogP contribution >= 0.6 is 11.8 Å². The summed E-state index contributed by atoms with van der Waals surface area (Å²) in [6, 6.07) is 5.63. The number of nitrogens with one attached hydrogen (secondary N) is 1. The zero-order valence-corrected chi connectivity index (χ0v) is 9.74. The summed E-state index contributed by atoms with van der Waals surface area (Å²) >= 11 is 1.59. The second-order valence-electron chi connectivity index (χ2n) is 3.91. The van der Waals surface area contributed by atoms with Gasteiger partial charge in [0.05, 0.1) is 0 Å². The molecule has 15 heavy (non-hydrogen) atoms. The van der Waals surface area contributed by atoms with E-state index in [1.807, 2.05) is 18.4 Å². The van der Waals surface area contributed by atoms with Crippen molar-refractivity contribution in [1.82, 2.24) is 5.32 Å². The van der Waals surface area contributed by atoms with Gasteiger partial charge in [0.15, 0.2) is 0 Å². The molecule has 1 saturated heterocycles. The van der Waals surface area contributed by atoms with Gasteiger partial charge in [-0.05, 0) is 55.8 Å². The summed E-state index contributed by atoms with van der Waals surface area (Å²) in [6.07, 6.45) is 4.07. The fourth-order valence-corrected chi connectivity index (χ4v) is 2.52. The number of hydrogen-bond donors (Lipinski definition) is 1. The molecule has 1 N–H and O–H groups in total. The number of piperidine rings is 1. The van der Waals surface area contributed by atoms with Crippen molar-refractivity contribution in [3.8, 4) is 0 Å². The zero-order chi connectivity index (χ0) is 10.7. The molecule has 1 aliphatic rings. The summed E-state index contributed by atoms with van der Waals surface area (Å²) in [4.78, 5) is 1.00. The Balaban J connectivity index is 2.19. The van der Waals surface area contributed by atoms with Gasteiger partial charge < -0.3 is 5.32 Å². The lowest BCUT2D eigenvalue weighted by Gasteiger charge is -2.23.